The lowest BCUT2D eigenvalue weighted by atomic mass is 10.3. The molecule has 0 aromatic heterocycles. The summed E-state index contributed by atoms with van der Waals surface area (Å²) in [6.45, 7) is 3.37. The molecule has 0 saturated carbocycles. The van der Waals surface area contributed by atoms with Crippen molar-refractivity contribution >= 4 is 32.0 Å². The van der Waals surface area contributed by atoms with Gasteiger partial charge >= 0.3 is 0 Å². The molecule has 0 spiro atoms. The van der Waals surface area contributed by atoms with Crippen molar-refractivity contribution in [2.45, 2.75) is 11.8 Å². The smallest absolute Gasteiger partial charge is 0.281 e. The van der Waals surface area contributed by atoms with Crippen molar-refractivity contribution in [3.63, 3.8) is 0 Å². The molecule has 0 aromatic carbocycles. The summed E-state index contributed by atoms with van der Waals surface area (Å²) >= 11 is 3.22. The molecule has 8 heteroatoms. The highest BCUT2D eigenvalue weighted by Crippen LogP contribution is 2.12. The van der Waals surface area contributed by atoms with Crippen LogP contribution in [0.5, 0.6) is 0 Å². The fraction of sp³-hybridized carbons (Fsp3) is 0.889. The van der Waals surface area contributed by atoms with E-state index in [4.69, 9.17) is 0 Å². The molecule has 0 N–H and O–H groups in total. The van der Waals surface area contributed by atoms with E-state index in [1.807, 2.05) is 0 Å². The molecule has 1 saturated heterocycles. The highest BCUT2D eigenvalue weighted by molar-refractivity contribution is 9.10. The Kier molecular flexibility index (Phi) is 4.94. The summed E-state index contributed by atoms with van der Waals surface area (Å²) in [7, 11) is -0.338. The first-order valence-electron chi connectivity index (χ1n) is 5.37. The number of nitrogens with zero attached hydrogens (tertiary/aromatic N) is 3. The van der Waals surface area contributed by atoms with Crippen LogP contribution in [0, 0.1) is 0 Å². The molecule has 0 radical (unpaired) electrons. The lowest BCUT2D eigenvalue weighted by Gasteiger charge is -2.35. The first-order chi connectivity index (χ1) is 7.76. The molecule has 1 heterocycles. The minimum absolute atomic E-state index is 0.00639. The maximum Gasteiger partial charge on any atom is 0.281 e. The van der Waals surface area contributed by atoms with Crippen LogP contribution < -0.4 is 0 Å². The summed E-state index contributed by atoms with van der Waals surface area (Å²) < 4.78 is 26.3. The fourth-order valence-corrected chi connectivity index (χ4v) is 3.00. The zero-order valence-electron chi connectivity index (χ0n) is 10.3. The summed E-state index contributed by atoms with van der Waals surface area (Å²) in [5, 5.41) is 0. The van der Waals surface area contributed by atoms with Gasteiger partial charge in [0.25, 0.3) is 10.2 Å². The summed E-state index contributed by atoms with van der Waals surface area (Å²) in [5.74, 6) is 0.00639. The van der Waals surface area contributed by atoms with Crippen LogP contribution in [-0.4, -0.2) is 72.9 Å². The van der Waals surface area contributed by atoms with E-state index in [0.29, 0.717) is 26.2 Å². The van der Waals surface area contributed by atoms with E-state index in [0.717, 1.165) is 0 Å². The van der Waals surface area contributed by atoms with Crippen LogP contribution in [0.4, 0.5) is 0 Å². The van der Waals surface area contributed by atoms with Crippen molar-refractivity contribution in [3.8, 4) is 0 Å². The molecule has 1 fully saturated rings. The molecule has 1 rings (SSSR count). The van der Waals surface area contributed by atoms with Gasteiger partial charge in [0.1, 0.15) is 0 Å². The van der Waals surface area contributed by atoms with E-state index in [-0.39, 0.29) is 10.7 Å². The lowest BCUT2D eigenvalue weighted by molar-refractivity contribution is -0.131. The largest absolute Gasteiger partial charge is 0.339 e. The maximum absolute atomic E-state index is 11.8. The summed E-state index contributed by atoms with van der Waals surface area (Å²) in [5.41, 5.74) is 0. The molecule has 1 aliphatic heterocycles. The minimum atomic E-state index is -3.35. The Morgan fingerprint density at radius 3 is 2.06 bits per heavy atom. The van der Waals surface area contributed by atoms with Crippen LogP contribution >= 0.6 is 15.9 Å². The molecule has 1 unspecified atom stereocenters. The Balaban J connectivity index is 2.61. The van der Waals surface area contributed by atoms with Crippen LogP contribution in [0.1, 0.15) is 6.92 Å². The predicted octanol–water partition coefficient (Wildman–Crippen LogP) is -0.280. The monoisotopic (exact) mass is 327 g/mol. The van der Waals surface area contributed by atoms with Gasteiger partial charge in [-0.25, -0.2) is 0 Å². The highest BCUT2D eigenvalue weighted by atomic mass is 79.9. The van der Waals surface area contributed by atoms with E-state index in [9.17, 15) is 13.2 Å². The SMILES string of the molecule is CC(Br)C(=O)N1CCN(S(=O)(=O)N(C)C)CC1. The summed E-state index contributed by atoms with van der Waals surface area (Å²) in [6, 6.07) is 0. The molecule has 1 aliphatic rings. The number of alkyl halides is 1. The zero-order chi connectivity index (χ0) is 13.2. The fourth-order valence-electron chi connectivity index (χ4n) is 1.62. The first kappa shape index (κ1) is 14.9. The predicted molar refractivity (Wildman–Crippen MR) is 69.1 cm³/mol. The normalized spacial score (nSPS) is 20.6. The van der Waals surface area contributed by atoms with Crippen molar-refractivity contribution in [2.24, 2.45) is 0 Å². The van der Waals surface area contributed by atoms with Crippen molar-refractivity contribution in [1.29, 1.82) is 0 Å². The number of amides is 1. The highest BCUT2D eigenvalue weighted by Gasteiger charge is 2.30. The molecule has 17 heavy (non-hydrogen) atoms. The van der Waals surface area contributed by atoms with Gasteiger partial charge in [0.2, 0.25) is 5.91 Å². The van der Waals surface area contributed by atoms with Gasteiger partial charge in [-0.1, -0.05) is 15.9 Å². The number of hydrogen-bond acceptors (Lipinski definition) is 3. The van der Waals surface area contributed by atoms with Crippen LogP contribution in [0.2, 0.25) is 0 Å². The number of carbonyl (C=O) groups is 1. The number of carbonyl (C=O) groups excluding carboxylic acids is 1. The van der Waals surface area contributed by atoms with E-state index in [2.05, 4.69) is 15.9 Å². The minimum Gasteiger partial charge on any atom is -0.339 e. The topological polar surface area (TPSA) is 60.9 Å². The van der Waals surface area contributed by atoms with Crippen LogP contribution in [0.3, 0.4) is 0 Å². The Hall–Kier alpha value is -0.180. The van der Waals surface area contributed by atoms with Gasteiger partial charge in [0.05, 0.1) is 4.83 Å². The Bertz CT molecular complexity index is 375. The Morgan fingerprint density at radius 2 is 1.71 bits per heavy atom. The summed E-state index contributed by atoms with van der Waals surface area (Å²) in [6.07, 6.45) is 0. The molecular weight excluding hydrogens is 310 g/mol. The van der Waals surface area contributed by atoms with Crippen molar-refractivity contribution in [2.75, 3.05) is 40.3 Å². The molecule has 0 aromatic rings. The Morgan fingerprint density at radius 1 is 1.24 bits per heavy atom. The standard InChI is InChI=1S/C9H18BrN3O3S/c1-8(10)9(14)12-4-6-13(7-5-12)17(15,16)11(2)3/h8H,4-7H2,1-3H3. The number of hydrogen-bond donors (Lipinski definition) is 0. The molecule has 0 bridgehead atoms. The van der Waals surface area contributed by atoms with E-state index in [1.165, 1.54) is 22.7 Å². The quantitative estimate of drug-likeness (QED) is 0.670. The average molecular weight is 328 g/mol. The molecule has 0 aliphatic carbocycles. The van der Waals surface area contributed by atoms with Gasteiger partial charge in [-0.2, -0.15) is 17.0 Å². The second-order valence-corrected chi connectivity index (χ2v) is 7.65. The van der Waals surface area contributed by atoms with Crippen molar-refractivity contribution < 1.29 is 13.2 Å². The third-order valence-corrected chi connectivity index (χ3v) is 5.01. The molecule has 1 amide bonds. The number of piperazine rings is 1. The van der Waals surface area contributed by atoms with E-state index < -0.39 is 10.2 Å². The molecular formula is C9H18BrN3O3S. The molecule has 6 nitrogen and oxygen atoms in total. The molecule has 1 atom stereocenters. The van der Waals surface area contributed by atoms with E-state index in [1.54, 1.807) is 11.8 Å². The van der Waals surface area contributed by atoms with Gasteiger partial charge in [-0.05, 0) is 6.92 Å². The maximum atomic E-state index is 11.8. The van der Waals surface area contributed by atoms with Gasteiger partial charge < -0.3 is 4.90 Å². The third-order valence-electron chi connectivity index (χ3n) is 2.68. The van der Waals surface area contributed by atoms with Crippen molar-refractivity contribution in [1.82, 2.24) is 13.5 Å². The third kappa shape index (κ3) is 3.40. The molecule has 100 valence electrons. The summed E-state index contributed by atoms with van der Waals surface area (Å²) in [4.78, 5) is 13.1. The van der Waals surface area contributed by atoms with E-state index >= 15 is 0 Å². The second-order valence-electron chi connectivity index (χ2n) is 4.13. The zero-order valence-corrected chi connectivity index (χ0v) is 12.7. The lowest BCUT2D eigenvalue weighted by Crippen LogP contribution is -2.54. The second kappa shape index (κ2) is 5.64. The van der Waals surface area contributed by atoms with Crippen LogP contribution in [-0.2, 0) is 15.0 Å². The first-order valence-corrected chi connectivity index (χ1v) is 7.68. The van der Waals surface area contributed by atoms with Crippen LogP contribution in [0.25, 0.3) is 0 Å². The number of rotatable bonds is 3. The van der Waals surface area contributed by atoms with Crippen LogP contribution in [0.15, 0.2) is 0 Å². The van der Waals surface area contributed by atoms with Gasteiger partial charge in [-0.3, -0.25) is 4.79 Å². The van der Waals surface area contributed by atoms with Gasteiger partial charge in [0.15, 0.2) is 0 Å². The van der Waals surface area contributed by atoms with Gasteiger partial charge in [0, 0.05) is 40.3 Å². The number of halogens is 1. The average Bonchev–Trinajstić information content (AvgIpc) is 2.27. The Labute approximate surface area is 111 Å². The van der Waals surface area contributed by atoms with Crippen molar-refractivity contribution in [3.05, 3.63) is 0 Å². The van der Waals surface area contributed by atoms with Gasteiger partial charge in [-0.15, -0.1) is 0 Å².